The SMILES string of the molecule is NCC1CCN(CCSc2ccccc2)C1. The normalized spacial score (nSPS) is 21.4. The van der Waals surface area contributed by atoms with Gasteiger partial charge in [-0.05, 0) is 37.6 Å². The number of nitrogens with zero attached hydrogens (tertiary/aromatic N) is 1. The van der Waals surface area contributed by atoms with E-state index in [1.54, 1.807) is 0 Å². The molecule has 1 atom stereocenters. The van der Waals surface area contributed by atoms with Crippen LogP contribution in [0, 0.1) is 5.92 Å². The van der Waals surface area contributed by atoms with Crippen molar-refractivity contribution in [1.82, 2.24) is 4.90 Å². The number of nitrogens with two attached hydrogens (primary N) is 1. The van der Waals surface area contributed by atoms with Crippen LogP contribution in [0.15, 0.2) is 35.2 Å². The van der Waals surface area contributed by atoms with Gasteiger partial charge in [0.25, 0.3) is 0 Å². The monoisotopic (exact) mass is 236 g/mol. The predicted octanol–water partition coefficient (Wildman–Crippen LogP) is 2.06. The second-order valence-corrected chi connectivity index (χ2v) is 5.52. The van der Waals surface area contributed by atoms with E-state index in [1.165, 1.54) is 36.7 Å². The van der Waals surface area contributed by atoms with Crippen molar-refractivity contribution in [1.29, 1.82) is 0 Å². The van der Waals surface area contributed by atoms with Crippen LogP contribution < -0.4 is 5.73 Å². The lowest BCUT2D eigenvalue weighted by Gasteiger charge is -2.14. The third kappa shape index (κ3) is 3.51. The number of rotatable bonds is 5. The van der Waals surface area contributed by atoms with Crippen LogP contribution in [0.2, 0.25) is 0 Å². The molecule has 3 heteroatoms. The Balaban J connectivity index is 1.65. The van der Waals surface area contributed by atoms with Gasteiger partial charge in [0.15, 0.2) is 0 Å². The number of thioether (sulfide) groups is 1. The van der Waals surface area contributed by atoms with Crippen molar-refractivity contribution in [3.63, 3.8) is 0 Å². The van der Waals surface area contributed by atoms with Crippen molar-refractivity contribution in [2.75, 3.05) is 31.9 Å². The molecule has 1 aliphatic rings. The van der Waals surface area contributed by atoms with Crippen LogP contribution in [0.4, 0.5) is 0 Å². The zero-order chi connectivity index (χ0) is 11.2. The van der Waals surface area contributed by atoms with Crippen LogP contribution >= 0.6 is 11.8 Å². The van der Waals surface area contributed by atoms with Gasteiger partial charge >= 0.3 is 0 Å². The van der Waals surface area contributed by atoms with Gasteiger partial charge in [-0.3, -0.25) is 0 Å². The van der Waals surface area contributed by atoms with E-state index in [2.05, 4.69) is 35.2 Å². The molecule has 1 heterocycles. The molecule has 0 amide bonds. The zero-order valence-corrected chi connectivity index (χ0v) is 10.5. The highest BCUT2D eigenvalue weighted by atomic mass is 32.2. The molecular weight excluding hydrogens is 216 g/mol. The average molecular weight is 236 g/mol. The number of hydrogen-bond acceptors (Lipinski definition) is 3. The maximum atomic E-state index is 5.68. The van der Waals surface area contributed by atoms with Gasteiger partial charge in [-0.1, -0.05) is 18.2 Å². The molecule has 0 radical (unpaired) electrons. The van der Waals surface area contributed by atoms with Gasteiger partial charge < -0.3 is 10.6 Å². The van der Waals surface area contributed by atoms with Gasteiger partial charge in [0.1, 0.15) is 0 Å². The summed E-state index contributed by atoms with van der Waals surface area (Å²) in [5, 5.41) is 0. The van der Waals surface area contributed by atoms with Gasteiger partial charge in [0, 0.05) is 23.7 Å². The third-order valence-corrected chi connectivity index (χ3v) is 4.11. The highest BCUT2D eigenvalue weighted by Gasteiger charge is 2.20. The largest absolute Gasteiger partial charge is 0.330 e. The first-order chi connectivity index (χ1) is 7.88. The van der Waals surface area contributed by atoms with Crippen LogP contribution in [0.25, 0.3) is 0 Å². The third-order valence-electron chi connectivity index (χ3n) is 3.12. The molecule has 2 N–H and O–H groups in total. The zero-order valence-electron chi connectivity index (χ0n) is 9.64. The standard InChI is InChI=1S/C13H20N2S/c14-10-12-6-7-15(11-12)8-9-16-13-4-2-1-3-5-13/h1-5,12H,6-11,14H2. The van der Waals surface area contributed by atoms with Gasteiger partial charge in [0.2, 0.25) is 0 Å². The van der Waals surface area contributed by atoms with E-state index in [4.69, 9.17) is 5.73 Å². The van der Waals surface area contributed by atoms with Gasteiger partial charge in [0.05, 0.1) is 0 Å². The Labute approximate surface area is 102 Å². The molecule has 0 aliphatic carbocycles. The minimum absolute atomic E-state index is 0.738. The van der Waals surface area contributed by atoms with E-state index in [-0.39, 0.29) is 0 Å². The molecule has 1 unspecified atom stereocenters. The maximum absolute atomic E-state index is 5.68. The highest BCUT2D eigenvalue weighted by Crippen LogP contribution is 2.19. The molecule has 1 aromatic carbocycles. The van der Waals surface area contributed by atoms with Crippen LogP contribution in [0.5, 0.6) is 0 Å². The topological polar surface area (TPSA) is 29.3 Å². The molecule has 0 spiro atoms. The van der Waals surface area contributed by atoms with E-state index in [1.807, 2.05) is 11.8 Å². The van der Waals surface area contributed by atoms with Crippen LogP contribution in [-0.2, 0) is 0 Å². The van der Waals surface area contributed by atoms with Crippen LogP contribution in [-0.4, -0.2) is 36.8 Å². The smallest absolute Gasteiger partial charge is 0.0108 e. The van der Waals surface area contributed by atoms with Crippen molar-refractivity contribution in [2.24, 2.45) is 11.7 Å². The Morgan fingerprint density at radius 1 is 1.31 bits per heavy atom. The molecule has 88 valence electrons. The number of benzene rings is 1. The molecule has 1 fully saturated rings. The van der Waals surface area contributed by atoms with E-state index < -0.39 is 0 Å². The van der Waals surface area contributed by atoms with E-state index in [0.717, 1.165) is 12.5 Å². The number of likely N-dealkylation sites (tertiary alicyclic amines) is 1. The van der Waals surface area contributed by atoms with Crippen LogP contribution in [0.1, 0.15) is 6.42 Å². The first-order valence-corrected chi connectivity index (χ1v) is 6.97. The molecule has 0 bridgehead atoms. The molecule has 2 nitrogen and oxygen atoms in total. The van der Waals surface area contributed by atoms with Gasteiger partial charge in [-0.15, -0.1) is 11.8 Å². The fourth-order valence-electron chi connectivity index (χ4n) is 2.12. The average Bonchev–Trinajstić information content (AvgIpc) is 2.78. The van der Waals surface area contributed by atoms with Crippen molar-refractivity contribution in [3.05, 3.63) is 30.3 Å². The highest BCUT2D eigenvalue weighted by molar-refractivity contribution is 7.99. The van der Waals surface area contributed by atoms with E-state index >= 15 is 0 Å². The fourth-order valence-corrected chi connectivity index (χ4v) is 3.05. The summed E-state index contributed by atoms with van der Waals surface area (Å²) in [7, 11) is 0. The molecule has 0 aromatic heterocycles. The van der Waals surface area contributed by atoms with E-state index in [9.17, 15) is 0 Å². The molecule has 0 saturated carbocycles. The molecule has 1 saturated heterocycles. The first kappa shape index (κ1) is 12.0. The minimum atomic E-state index is 0.738. The van der Waals surface area contributed by atoms with Crippen molar-refractivity contribution >= 4 is 11.8 Å². The second-order valence-electron chi connectivity index (χ2n) is 4.35. The molecular formula is C13H20N2S. The molecule has 1 aromatic rings. The Morgan fingerprint density at radius 2 is 2.12 bits per heavy atom. The lowest BCUT2D eigenvalue weighted by atomic mass is 10.1. The summed E-state index contributed by atoms with van der Waals surface area (Å²) in [6.07, 6.45) is 1.28. The second kappa shape index (κ2) is 6.28. The molecule has 2 rings (SSSR count). The molecule has 16 heavy (non-hydrogen) atoms. The fraction of sp³-hybridized carbons (Fsp3) is 0.538. The maximum Gasteiger partial charge on any atom is 0.0108 e. The summed E-state index contributed by atoms with van der Waals surface area (Å²) < 4.78 is 0. The minimum Gasteiger partial charge on any atom is -0.330 e. The van der Waals surface area contributed by atoms with Crippen molar-refractivity contribution in [3.8, 4) is 0 Å². The van der Waals surface area contributed by atoms with Crippen molar-refractivity contribution < 1.29 is 0 Å². The van der Waals surface area contributed by atoms with Crippen molar-refractivity contribution in [2.45, 2.75) is 11.3 Å². The Morgan fingerprint density at radius 3 is 2.81 bits per heavy atom. The lowest BCUT2D eigenvalue weighted by molar-refractivity contribution is 0.346. The van der Waals surface area contributed by atoms with E-state index in [0.29, 0.717) is 0 Å². The summed E-state index contributed by atoms with van der Waals surface area (Å²) in [4.78, 5) is 3.91. The lowest BCUT2D eigenvalue weighted by Crippen LogP contribution is -2.25. The quantitative estimate of drug-likeness (QED) is 0.794. The van der Waals surface area contributed by atoms with Crippen LogP contribution in [0.3, 0.4) is 0 Å². The van der Waals surface area contributed by atoms with Gasteiger partial charge in [-0.25, -0.2) is 0 Å². The number of hydrogen-bond donors (Lipinski definition) is 1. The first-order valence-electron chi connectivity index (χ1n) is 5.99. The Bertz CT molecular complexity index is 302. The molecule has 1 aliphatic heterocycles. The summed E-state index contributed by atoms with van der Waals surface area (Å²) in [6.45, 7) is 4.47. The van der Waals surface area contributed by atoms with Gasteiger partial charge in [-0.2, -0.15) is 0 Å². The summed E-state index contributed by atoms with van der Waals surface area (Å²) in [6, 6.07) is 10.6. The summed E-state index contributed by atoms with van der Waals surface area (Å²) in [5.74, 6) is 1.92. The predicted molar refractivity (Wildman–Crippen MR) is 70.8 cm³/mol. The Hall–Kier alpha value is -0.510. The summed E-state index contributed by atoms with van der Waals surface area (Å²) in [5.41, 5.74) is 5.68. The summed E-state index contributed by atoms with van der Waals surface area (Å²) >= 11 is 1.94. The Kier molecular flexibility index (Phi) is 4.69.